The Bertz CT molecular complexity index is 401. The summed E-state index contributed by atoms with van der Waals surface area (Å²) in [6.45, 7) is 7.15. The lowest BCUT2D eigenvalue weighted by molar-refractivity contribution is 0.0943. The van der Waals surface area contributed by atoms with E-state index in [0.717, 1.165) is 25.2 Å². The van der Waals surface area contributed by atoms with Crippen molar-refractivity contribution in [3.63, 3.8) is 0 Å². The number of aryl methyl sites for hydroxylation is 1. The van der Waals surface area contributed by atoms with E-state index in [1.165, 1.54) is 24.4 Å². The lowest BCUT2D eigenvalue weighted by atomic mass is 10.2. The molecule has 0 radical (unpaired) electrons. The number of carbonyl (C=O) groups is 1. The average Bonchev–Trinajstić information content (AvgIpc) is 3.04. The first-order chi connectivity index (χ1) is 8.72. The zero-order valence-corrected chi connectivity index (χ0v) is 11.8. The number of nitrogens with zero attached hydrogens (tertiary/aromatic N) is 3. The molecule has 1 amide bonds. The highest BCUT2D eigenvalue weighted by molar-refractivity contribution is 7.08. The summed E-state index contributed by atoms with van der Waals surface area (Å²) in [7, 11) is 0. The van der Waals surface area contributed by atoms with Crippen LogP contribution in [-0.4, -0.2) is 46.1 Å². The lowest BCUT2D eigenvalue weighted by Gasteiger charge is -2.23. The Morgan fingerprint density at radius 2 is 2.22 bits per heavy atom. The molecule has 0 unspecified atom stereocenters. The summed E-state index contributed by atoms with van der Waals surface area (Å²) in [5.41, 5.74) is 0.798. The molecule has 5 nitrogen and oxygen atoms in total. The summed E-state index contributed by atoms with van der Waals surface area (Å²) < 4.78 is 3.84. The van der Waals surface area contributed by atoms with Crippen LogP contribution in [0.25, 0.3) is 0 Å². The van der Waals surface area contributed by atoms with Gasteiger partial charge >= 0.3 is 0 Å². The number of nitrogens with one attached hydrogen (secondary N) is 1. The van der Waals surface area contributed by atoms with Crippen LogP contribution in [0.15, 0.2) is 0 Å². The molecule has 0 aliphatic carbocycles. The molecule has 2 rings (SSSR count). The molecule has 0 bridgehead atoms. The molecule has 6 heteroatoms. The Hall–Kier alpha value is -1.01. The van der Waals surface area contributed by atoms with Gasteiger partial charge in [-0.2, -0.15) is 0 Å². The van der Waals surface area contributed by atoms with Gasteiger partial charge in [0, 0.05) is 12.6 Å². The third kappa shape index (κ3) is 3.05. The third-order valence-electron chi connectivity index (χ3n) is 3.42. The second kappa shape index (κ2) is 6.24. The van der Waals surface area contributed by atoms with Crippen molar-refractivity contribution >= 4 is 17.4 Å². The first kappa shape index (κ1) is 13.4. The maximum atomic E-state index is 12.0. The molecule has 1 aromatic rings. The number of hydrogen-bond acceptors (Lipinski definition) is 5. The van der Waals surface area contributed by atoms with Crippen LogP contribution >= 0.6 is 11.5 Å². The van der Waals surface area contributed by atoms with Crippen LogP contribution in [0, 0.1) is 0 Å². The summed E-state index contributed by atoms with van der Waals surface area (Å²) in [6.07, 6.45) is 3.30. The minimum atomic E-state index is -0.0344. The summed E-state index contributed by atoms with van der Waals surface area (Å²) >= 11 is 1.18. The monoisotopic (exact) mass is 268 g/mol. The number of likely N-dealkylation sites (tertiary alicyclic amines) is 1. The van der Waals surface area contributed by atoms with Gasteiger partial charge in [0.05, 0.1) is 5.69 Å². The number of rotatable bonds is 5. The van der Waals surface area contributed by atoms with E-state index in [9.17, 15) is 4.79 Å². The van der Waals surface area contributed by atoms with Gasteiger partial charge in [-0.3, -0.25) is 9.69 Å². The van der Waals surface area contributed by atoms with E-state index in [0.29, 0.717) is 17.5 Å². The molecule has 100 valence electrons. The van der Waals surface area contributed by atoms with E-state index in [4.69, 9.17) is 0 Å². The second-order valence-electron chi connectivity index (χ2n) is 4.70. The van der Waals surface area contributed by atoms with Crippen molar-refractivity contribution in [3.05, 3.63) is 10.6 Å². The first-order valence-electron chi connectivity index (χ1n) is 6.55. The molecule has 1 aliphatic heterocycles. The number of amides is 1. The quantitative estimate of drug-likeness (QED) is 0.875. The van der Waals surface area contributed by atoms with Crippen LogP contribution in [0.2, 0.25) is 0 Å². The zero-order chi connectivity index (χ0) is 13.0. The van der Waals surface area contributed by atoms with Crippen LogP contribution in [0.5, 0.6) is 0 Å². The van der Waals surface area contributed by atoms with Gasteiger partial charge in [0.2, 0.25) is 0 Å². The molecule has 0 spiro atoms. The van der Waals surface area contributed by atoms with E-state index in [-0.39, 0.29) is 5.91 Å². The highest BCUT2D eigenvalue weighted by atomic mass is 32.1. The molecule has 18 heavy (non-hydrogen) atoms. The van der Waals surface area contributed by atoms with E-state index in [2.05, 4.69) is 26.7 Å². The van der Waals surface area contributed by atoms with Crippen molar-refractivity contribution in [2.24, 2.45) is 0 Å². The molecular weight excluding hydrogens is 248 g/mol. The molecule has 1 aliphatic rings. The Morgan fingerprint density at radius 3 is 2.89 bits per heavy atom. The van der Waals surface area contributed by atoms with Crippen LogP contribution in [0.3, 0.4) is 0 Å². The largest absolute Gasteiger partial charge is 0.350 e. The van der Waals surface area contributed by atoms with Crippen molar-refractivity contribution in [3.8, 4) is 0 Å². The summed E-state index contributed by atoms with van der Waals surface area (Å²) in [5, 5.41) is 6.94. The minimum absolute atomic E-state index is 0.0344. The number of carbonyl (C=O) groups excluding carboxylic acids is 1. The third-order valence-corrected chi connectivity index (χ3v) is 4.19. The van der Waals surface area contributed by atoms with Gasteiger partial charge in [0.25, 0.3) is 5.91 Å². The van der Waals surface area contributed by atoms with Crippen LogP contribution in [0.4, 0.5) is 0 Å². The molecule has 0 aromatic carbocycles. The van der Waals surface area contributed by atoms with Crippen molar-refractivity contribution in [2.45, 2.75) is 39.2 Å². The van der Waals surface area contributed by atoms with Gasteiger partial charge in [-0.25, -0.2) is 0 Å². The van der Waals surface area contributed by atoms with E-state index < -0.39 is 0 Å². The molecule has 1 N–H and O–H groups in total. The standard InChI is InChI=1S/C12H20N4OS/c1-3-10-11(18-15-14-10)12(17)13-8-9(2)16-6-4-5-7-16/h9H,3-8H2,1-2H3,(H,13,17)/t9-/m1/s1. The average molecular weight is 268 g/mol. The first-order valence-corrected chi connectivity index (χ1v) is 7.33. The summed E-state index contributed by atoms with van der Waals surface area (Å²) in [5.74, 6) is -0.0344. The molecule has 2 heterocycles. The van der Waals surface area contributed by atoms with Crippen molar-refractivity contribution < 1.29 is 4.79 Å². The van der Waals surface area contributed by atoms with Crippen molar-refractivity contribution in [1.29, 1.82) is 0 Å². The van der Waals surface area contributed by atoms with Crippen molar-refractivity contribution in [2.75, 3.05) is 19.6 Å². The zero-order valence-electron chi connectivity index (χ0n) is 11.0. The molecule has 1 aromatic heterocycles. The Kier molecular flexibility index (Phi) is 4.66. The molecule has 1 saturated heterocycles. The van der Waals surface area contributed by atoms with Crippen LogP contribution in [0.1, 0.15) is 42.1 Å². The SMILES string of the molecule is CCc1nnsc1C(=O)NC[C@@H](C)N1CCCC1. The highest BCUT2D eigenvalue weighted by Gasteiger charge is 2.20. The smallest absolute Gasteiger partial charge is 0.265 e. The molecule has 1 atom stereocenters. The Morgan fingerprint density at radius 1 is 1.50 bits per heavy atom. The van der Waals surface area contributed by atoms with Crippen LogP contribution < -0.4 is 5.32 Å². The van der Waals surface area contributed by atoms with Gasteiger partial charge in [-0.05, 0) is 50.8 Å². The second-order valence-corrected chi connectivity index (χ2v) is 5.46. The fraction of sp³-hybridized carbons (Fsp3) is 0.750. The predicted molar refractivity (Wildman–Crippen MR) is 71.9 cm³/mol. The molecular formula is C12H20N4OS. The van der Waals surface area contributed by atoms with Gasteiger partial charge in [-0.15, -0.1) is 5.10 Å². The van der Waals surface area contributed by atoms with Gasteiger partial charge in [-0.1, -0.05) is 11.4 Å². The maximum absolute atomic E-state index is 12.0. The van der Waals surface area contributed by atoms with E-state index in [1.807, 2.05) is 6.92 Å². The minimum Gasteiger partial charge on any atom is -0.350 e. The summed E-state index contributed by atoms with van der Waals surface area (Å²) in [6, 6.07) is 0.405. The predicted octanol–water partition coefficient (Wildman–Crippen LogP) is 1.31. The Balaban J connectivity index is 1.84. The Labute approximate surface area is 112 Å². The maximum Gasteiger partial charge on any atom is 0.265 e. The normalized spacial score (nSPS) is 17.9. The van der Waals surface area contributed by atoms with E-state index >= 15 is 0 Å². The number of hydrogen-bond donors (Lipinski definition) is 1. The van der Waals surface area contributed by atoms with Crippen molar-refractivity contribution in [1.82, 2.24) is 19.8 Å². The topological polar surface area (TPSA) is 58.1 Å². The fourth-order valence-electron chi connectivity index (χ4n) is 2.24. The highest BCUT2D eigenvalue weighted by Crippen LogP contribution is 2.12. The molecule has 0 saturated carbocycles. The lowest BCUT2D eigenvalue weighted by Crippen LogP contribution is -2.40. The molecule has 1 fully saturated rings. The van der Waals surface area contributed by atoms with E-state index in [1.54, 1.807) is 0 Å². The van der Waals surface area contributed by atoms with Crippen LogP contribution in [-0.2, 0) is 6.42 Å². The number of aromatic nitrogens is 2. The summed E-state index contributed by atoms with van der Waals surface area (Å²) in [4.78, 5) is 15.1. The van der Waals surface area contributed by atoms with Gasteiger partial charge < -0.3 is 5.32 Å². The van der Waals surface area contributed by atoms with Gasteiger partial charge in [0.1, 0.15) is 4.88 Å². The van der Waals surface area contributed by atoms with Gasteiger partial charge in [0.15, 0.2) is 0 Å². The fourth-order valence-corrected chi connectivity index (χ4v) is 2.91.